The van der Waals surface area contributed by atoms with Crippen LogP contribution in [-0.4, -0.2) is 85.5 Å². The molecule has 0 aliphatic carbocycles. The van der Waals surface area contributed by atoms with Crippen LogP contribution in [0.25, 0.3) is 11.5 Å². The molecule has 1 aromatic carbocycles. The predicted octanol–water partition coefficient (Wildman–Crippen LogP) is -2.82. The number of amides is 2. The first-order valence-corrected chi connectivity index (χ1v) is 15.9. The van der Waals surface area contributed by atoms with E-state index in [9.17, 15) is 29.1 Å². The molecule has 47 heavy (non-hydrogen) atoms. The van der Waals surface area contributed by atoms with Crippen molar-refractivity contribution in [3.8, 4) is 23.0 Å². The molecule has 4 heterocycles. The molecule has 0 bridgehead atoms. The first-order valence-electron chi connectivity index (χ1n) is 13.0. The van der Waals surface area contributed by atoms with Crippen LogP contribution in [0.2, 0.25) is 0 Å². The first kappa shape index (κ1) is 35.9. The topological polar surface area (TPSA) is 242 Å². The predicted molar refractivity (Wildman–Crippen MR) is 160 cm³/mol. The Kier molecular flexibility index (Phi) is 11.7. The zero-order valence-electron chi connectivity index (χ0n) is 25.0. The van der Waals surface area contributed by atoms with Crippen LogP contribution in [-0.2, 0) is 28.8 Å². The van der Waals surface area contributed by atoms with E-state index in [4.69, 9.17) is 24.5 Å². The maximum atomic E-state index is 13.1. The van der Waals surface area contributed by atoms with Crippen LogP contribution in [0, 0.1) is 0 Å². The van der Waals surface area contributed by atoms with Crippen molar-refractivity contribution in [3.63, 3.8) is 0 Å². The van der Waals surface area contributed by atoms with E-state index in [1.807, 2.05) is 0 Å². The van der Waals surface area contributed by atoms with Crippen LogP contribution in [0.1, 0.15) is 19.5 Å². The van der Waals surface area contributed by atoms with Gasteiger partial charge in [-0.2, -0.15) is 0 Å². The molecule has 2 aromatic heterocycles. The van der Waals surface area contributed by atoms with Gasteiger partial charge in [-0.15, -0.1) is 33.3 Å². The Morgan fingerprint density at radius 3 is 2.55 bits per heavy atom. The number of nitrogens with two attached hydrogens (primary N) is 1. The number of anilines is 1. The van der Waals surface area contributed by atoms with Gasteiger partial charge in [0.2, 0.25) is 5.89 Å². The summed E-state index contributed by atoms with van der Waals surface area (Å²) in [5, 5.41) is 27.5. The van der Waals surface area contributed by atoms with Crippen molar-refractivity contribution >= 4 is 75.4 Å². The van der Waals surface area contributed by atoms with Gasteiger partial charge in [-0.05, 0) is 23.8 Å². The van der Waals surface area contributed by atoms with Gasteiger partial charge in [0.25, 0.3) is 17.0 Å². The third kappa shape index (κ3) is 7.96. The van der Waals surface area contributed by atoms with Gasteiger partial charge in [-0.25, -0.2) is 4.98 Å². The number of carbonyl (C=O) groups is 5. The van der Waals surface area contributed by atoms with Gasteiger partial charge >= 0.3 is 41.5 Å². The number of nitrogens with zero attached hydrogens (tertiary/aromatic N) is 5. The number of ether oxygens (including phenoxy) is 2. The van der Waals surface area contributed by atoms with E-state index in [1.165, 1.54) is 56.3 Å². The summed E-state index contributed by atoms with van der Waals surface area (Å²) in [6, 6.07) is 3.26. The van der Waals surface area contributed by atoms with Crippen LogP contribution in [0.15, 0.2) is 49.6 Å². The van der Waals surface area contributed by atoms with Crippen LogP contribution in [0.5, 0.6) is 11.5 Å². The molecule has 2 aliphatic rings. The van der Waals surface area contributed by atoms with E-state index in [0.29, 0.717) is 11.1 Å². The number of thioether (sulfide) groups is 2. The Labute approximate surface area is 299 Å². The van der Waals surface area contributed by atoms with Crippen LogP contribution >= 0.6 is 34.9 Å². The number of aromatic nitrogens is 3. The number of benzene rings is 1. The minimum Gasteiger partial charge on any atom is -0.543 e. The van der Waals surface area contributed by atoms with Crippen molar-refractivity contribution < 1.29 is 77.4 Å². The largest absolute Gasteiger partial charge is 1.00 e. The number of oxime groups is 1. The van der Waals surface area contributed by atoms with Crippen LogP contribution in [0.3, 0.4) is 0 Å². The number of aliphatic carboxylic acids is 1. The molecule has 0 saturated carbocycles. The molecule has 21 heteroatoms. The van der Waals surface area contributed by atoms with Gasteiger partial charge in [0.1, 0.15) is 24.2 Å². The van der Waals surface area contributed by atoms with E-state index in [1.54, 1.807) is 0 Å². The second-order valence-electron chi connectivity index (χ2n) is 9.30. The van der Waals surface area contributed by atoms with Crippen molar-refractivity contribution in [3.05, 3.63) is 40.5 Å². The molecule has 0 unspecified atom stereocenters. The molecule has 0 spiro atoms. The monoisotopic (exact) mass is 711 g/mol. The Morgan fingerprint density at radius 1 is 1.19 bits per heavy atom. The molecule has 2 aliphatic heterocycles. The third-order valence-corrected chi connectivity index (χ3v) is 9.08. The Balaban J connectivity index is 0.00000500. The average Bonchev–Trinajstić information content (AvgIpc) is 3.66. The Hall–Kier alpha value is -3.95. The second-order valence-corrected chi connectivity index (χ2v) is 12.2. The van der Waals surface area contributed by atoms with E-state index in [0.717, 1.165) is 28.0 Å². The zero-order valence-corrected chi connectivity index (χ0v) is 29.4. The fraction of sp³-hybridized carbons (Fsp3) is 0.269. The standard InChI is InChI=1S/C26H23N7O10S3.Na/c1-10(34)41-15-5-4-12(6-16(15)42-11(2)35)21-30-31-26(43-21)46-8-13-7-44-23-18(22(37)33(23)19(13)24(38)39)29-20(36)17(32-40-3)14-9-45-25(27)28-14;/h4-6,9,18,23H,7-8H2,1-3H3,(H2,27,28)(H,29,36)(H,38,39);/q;+1/p-1/t18-,23+;/m1./s1. The van der Waals surface area contributed by atoms with Crippen molar-refractivity contribution in [2.75, 3.05) is 24.3 Å². The molecular weight excluding hydrogens is 690 g/mol. The van der Waals surface area contributed by atoms with Gasteiger partial charge in [0.15, 0.2) is 22.3 Å². The van der Waals surface area contributed by atoms with Crippen molar-refractivity contribution in [1.82, 2.24) is 25.4 Å². The summed E-state index contributed by atoms with van der Waals surface area (Å²) in [5.74, 6) is -3.92. The molecule has 3 aromatic rings. The Morgan fingerprint density at radius 2 is 1.91 bits per heavy atom. The summed E-state index contributed by atoms with van der Waals surface area (Å²) in [6.07, 6.45) is 0. The van der Waals surface area contributed by atoms with Crippen molar-refractivity contribution in [2.45, 2.75) is 30.5 Å². The molecule has 2 atom stereocenters. The molecule has 1 saturated heterocycles. The first-order chi connectivity index (χ1) is 22.0. The Bertz CT molecular complexity index is 1810. The molecule has 2 amide bonds. The smallest absolute Gasteiger partial charge is 0.543 e. The number of nitrogens with one attached hydrogen (secondary N) is 1. The summed E-state index contributed by atoms with van der Waals surface area (Å²) in [5.41, 5.74) is 6.02. The second kappa shape index (κ2) is 15.3. The van der Waals surface area contributed by atoms with E-state index in [-0.39, 0.29) is 85.9 Å². The van der Waals surface area contributed by atoms with E-state index in [2.05, 4.69) is 25.7 Å². The summed E-state index contributed by atoms with van der Waals surface area (Å²) < 4.78 is 15.9. The van der Waals surface area contributed by atoms with Crippen molar-refractivity contribution in [1.29, 1.82) is 0 Å². The number of β-lactam (4-membered cyclic amide) rings is 1. The van der Waals surface area contributed by atoms with E-state index < -0.39 is 41.1 Å². The number of fused-ring (bicyclic) bond motifs is 1. The molecule has 5 rings (SSSR count). The average molecular weight is 712 g/mol. The normalized spacial score (nSPS) is 17.2. The zero-order chi connectivity index (χ0) is 33.1. The number of carboxylic acids is 1. The number of carbonyl (C=O) groups excluding carboxylic acids is 5. The number of nitrogen functional groups attached to an aromatic ring is 1. The summed E-state index contributed by atoms with van der Waals surface area (Å²) >= 11 is 3.37. The molecule has 0 radical (unpaired) electrons. The fourth-order valence-electron chi connectivity index (χ4n) is 4.33. The summed E-state index contributed by atoms with van der Waals surface area (Å²) in [4.78, 5) is 70.9. The van der Waals surface area contributed by atoms with Gasteiger partial charge in [-0.3, -0.25) is 24.1 Å². The van der Waals surface area contributed by atoms with Gasteiger partial charge < -0.3 is 39.7 Å². The van der Waals surface area contributed by atoms with Crippen LogP contribution < -0.4 is 55.2 Å². The quantitative estimate of drug-likeness (QED) is 0.0388. The molecule has 17 nitrogen and oxygen atoms in total. The van der Waals surface area contributed by atoms with E-state index >= 15 is 0 Å². The maximum absolute atomic E-state index is 13.1. The van der Waals surface area contributed by atoms with Gasteiger partial charge in [-0.1, -0.05) is 16.9 Å². The number of thiazole rings is 1. The fourth-order valence-corrected chi connectivity index (χ4v) is 7.13. The minimum absolute atomic E-state index is 0. The molecule has 3 N–H and O–H groups in total. The summed E-state index contributed by atoms with van der Waals surface area (Å²) in [7, 11) is 1.24. The third-order valence-electron chi connectivity index (χ3n) is 6.16. The number of carboxylic acid groups (broad SMARTS) is 1. The van der Waals surface area contributed by atoms with Gasteiger partial charge in [0.05, 0.1) is 11.7 Å². The molecule has 1 fully saturated rings. The number of hydrogen-bond donors (Lipinski definition) is 2. The maximum Gasteiger partial charge on any atom is 1.00 e. The number of hydrogen-bond acceptors (Lipinski definition) is 18. The number of rotatable bonds is 11. The molecular formula is C26H22N7NaO10S3. The van der Waals surface area contributed by atoms with Gasteiger partial charge in [0, 0.05) is 36.3 Å². The SMILES string of the molecule is CON=C(C(=O)N[C@@H]1C(=O)N2C(C(=O)[O-])=C(CSc3nnc(-c4ccc(OC(C)=O)c(OC(C)=O)c4)o3)CS[C@@H]12)c1csc(N)n1.[Na+]. The molecule has 240 valence electrons. The van der Waals surface area contributed by atoms with Crippen LogP contribution in [0.4, 0.5) is 5.13 Å². The minimum atomic E-state index is -1.56. The summed E-state index contributed by atoms with van der Waals surface area (Å²) in [6.45, 7) is 2.38. The number of esters is 2. The van der Waals surface area contributed by atoms with Crippen molar-refractivity contribution in [2.24, 2.45) is 5.16 Å².